The van der Waals surface area contributed by atoms with E-state index in [2.05, 4.69) is 21.7 Å². The lowest BCUT2D eigenvalue weighted by molar-refractivity contribution is 0.0240. The van der Waals surface area contributed by atoms with Gasteiger partial charge in [-0.05, 0) is 57.2 Å². The maximum Gasteiger partial charge on any atom is 0.410 e. The van der Waals surface area contributed by atoms with E-state index in [1.807, 2.05) is 57.2 Å². The van der Waals surface area contributed by atoms with Gasteiger partial charge < -0.3 is 20.3 Å². The predicted octanol–water partition coefficient (Wildman–Crippen LogP) is 3.12. The van der Waals surface area contributed by atoms with Crippen molar-refractivity contribution in [1.29, 1.82) is 0 Å². The zero-order valence-corrected chi connectivity index (χ0v) is 16.6. The van der Waals surface area contributed by atoms with E-state index in [1.165, 1.54) is 0 Å². The number of hydrogen-bond donors (Lipinski definition) is 1. The van der Waals surface area contributed by atoms with Crippen LogP contribution in [0, 0.1) is 11.8 Å². The minimum Gasteiger partial charge on any atom is -0.444 e. The molecule has 2 N–H and O–H groups in total. The molecule has 2 heterocycles. The number of pyridine rings is 1. The molecule has 28 heavy (non-hydrogen) atoms. The minimum absolute atomic E-state index is 0.256. The second kappa shape index (κ2) is 8.22. The van der Waals surface area contributed by atoms with Gasteiger partial charge in [0.2, 0.25) is 0 Å². The fourth-order valence-electron chi connectivity index (χ4n) is 2.80. The zero-order valence-electron chi connectivity index (χ0n) is 16.6. The Balaban J connectivity index is 1.56. The van der Waals surface area contributed by atoms with E-state index in [9.17, 15) is 4.79 Å². The van der Waals surface area contributed by atoms with E-state index < -0.39 is 5.60 Å². The Labute approximate surface area is 166 Å². The van der Waals surface area contributed by atoms with Crippen LogP contribution in [-0.2, 0) is 4.74 Å². The number of benzene rings is 1. The highest BCUT2D eigenvalue weighted by molar-refractivity contribution is 5.68. The minimum atomic E-state index is -0.473. The lowest BCUT2D eigenvalue weighted by Crippen LogP contribution is -2.50. The molecule has 0 aliphatic carbocycles. The van der Waals surface area contributed by atoms with Crippen LogP contribution in [-0.4, -0.2) is 47.8 Å². The summed E-state index contributed by atoms with van der Waals surface area (Å²) >= 11 is 0. The van der Waals surface area contributed by atoms with Crippen molar-refractivity contribution in [1.82, 2.24) is 9.88 Å². The lowest BCUT2D eigenvalue weighted by atomic mass is 10.2. The SMILES string of the molecule is CC(C)(C)OC(=O)N1CCN(c2ccc(C#Cc3ccc(N)cc3)cn2)CC1. The number of nitrogen functional groups attached to an aromatic ring is 1. The monoisotopic (exact) mass is 378 g/mol. The fourth-order valence-corrected chi connectivity index (χ4v) is 2.80. The van der Waals surface area contributed by atoms with Crippen LogP contribution in [0.5, 0.6) is 0 Å². The highest BCUT2D eigenvalue weighted by atomic mass is 16.6. The number of ether oxygens (including phenoxy) is 1. The van der Waals surface area contributed by atoms with Crippen molar-refractivity contribution >= 4 is 17.6 Å². The van der Waals surface area contributed by atoms with Gasteiger partial charge in [-0.15, -0.1) is 0 Å². The van der Waals surface area contributed by atoms with E-state index in [0.29, 0.717) is 13.1 Å². The van der Waals surface area contributed by atoms with Gasteiger partial charge in [-0.3, -0.25) is 0 Å². The van der Waals surface area contributed by atoms with Gasteiger partial charge in [-0.1, -0.05) is 11.8 Å². The Morgan fingerprint density at radius 2 is 1.61 bits per heavy atom. The summed E-state index contributed by atoms with van der Waals surface area (Å²) in [4.78, 5) is 20.6. The maximum atomic E-state index is 12.2. The quantitative estimate of drug-likeness (QED) is 0.610. The van der Waals surface area contributed by atoms with Crippen molar-refractivity contribution < 1.29 is 9.53 Å². The summed E-state index contributed by atoms with van der Waals surface area (Å²) < 4.78 is 5.43. The third kappa shape index (κ3) is 5.40. The summed E-state index contributed by atoms with van der Waals surface area (Å²) in [6.07, 6.45) is 1.52. The first-order chi connectivity index (χ1) is 13.3. The summed E-state index contributed by atoms with van der Waals surface area (Å²) in [5.41, 5.74) is 7.70. The molecule has 6 heteroatoms. The van der Waals surface area contributed by atoms with Gasteiger partial charge in [-0.25, -0.2) is 9.78 Å². The Morgan fingerprint density at radius 1 is 1.00 bits per heavy atom. The molecule has 2 aromatic rings. The first-order valence-electron chi connectivity index (χ1n) is 9.37. The van der Waals surface area contributed by atoms with Crippen molar-refractivity contribution in [2.45, 2.75) is 26.4 Å². The number of nitrogens with two attached hydrogens (primary N) is 1. The Morgan fingerprint density at radius 3 is 2.18 bits per heavy atom. The Bertz CT molecular complexity index is 866. The zero-order chi connectivity index (χ0) is 20.1. The molecule has 0 spiro atoms. The fraction of sp³-hybridized carbons (Fsp3) is 0.364. The van der Waals surface area contributed by atoms with Gasteiger partial charge >= 0.3 is 6.09 Å². The van der Waals surface area contributed by atoms with E-state index in [-0.39, 0.29) is 6.09 Å². The van der Waals surface area contributed by atoms with Gasteiger partial charge in [0.15, 0.2) is 0 Å². The Hall–Kier alpha value is -3.20. The maximum absolute atomic E-state index is 12.2. The number of amides is 1. The topological polar surface area (TPSA) is 71.7 Å². The Kier molecular flexibility index (Phi) is 5.74. The lowest BCUT2D eigenvalue weighted by Gasteiger charge is -2.36. The molecule has 0 radical (unpaired) electrons. The van der Waals surface area contributed by atoms with Crippen molar-refractivity contribution in [2.24, 2.45) is 0 Å². The smallest absolute Gasteiger partial charge is 0.410 e. The van der Waals surface area contributed by atoms with E-state index >= 15 is 0 Å². The molecule has 1 aliphatic rings. The molecule has 1 aromatic heterocycles. The first kappa shape index (κ1) is 19.6. The molecule has 3 rings (SSSR count). The average Bonchev–Trinajstić information content (AvgIpc) is 2.67. The van der Waals surface area contributed by atoms with E-state index in [0.717, 1.165) is 35.7 Å². The predicted molar refractivity (Wildman–Crippen MR) is 111 cm³/mol. The van der Waals surface area contributed by atoms with E-state index in [4.69, 9.17) is 10.5 Å². The molecule has 0 saturated carbocycles. The number of piperazine rings is 1. The van der Waals surface area contributed by atoms with Crippen LogP contribution >= 0.6 is 0 Å². The van der Waals surface area contributed by atoms with Crippen LogP contribution in [0.2, 0.25) is 0 Å². The second-order valence-corrected chi connectivity index (χ2v) is 7.73. The normalized spacial score (nSPS) is 14.2. The molecule has 0 unspecified atom stereocenters. The van der Waals surface area contributed by atoms with Crippen LogP contribution in [0.3, 0.4) is 0 Å². The van der Waals surface area contributed by atoms with Gasteiger partial charge in [0.1, 0.15) is 11.4 Å². The molecule has 1 aromatic carbocycles. The summed E-state index contributed by atoms with van der Waals surface area (Å²) in [7, 11) is 0. The average molecular weight is 378 g/mol. The van der Waals surface area contributed by atoms with Crippen molar-refractivity contribution in [3.63, 3.8) is 0 Å². The number of aromatic nitrogens is 1. The molecule has 1 amide bonds. The summed E-state index contributed by atoms with van der Waals surface area (Å²) in [5, 5.41) is 0. The molecular weight excluding hydrogens is 352 g/mol. The van der Waals surface area contributed by atoms with E-state index in [1.54, 1.807) is 11.1 Å². The number of hydrogen-bond acceptors (Lipinski definition) is 5. The van der Waals surface area contributed by atoms with Gasteiger partial charge in [0.25, 0.3) is 0 Å². The van der Waals surface area contributed by atoms with Crippen LogP contribution < -0.4 is 10.6 Å². The van der Waals surface area contributed by atoms with Crippen LogP contribution in [0.4, 0.5) is 16.3 Å². The highest BCUT2D eigenvalue weighted by Crippen LogP contribution is 2.16. The van der Waals surface area contributed by atoms with Crippen LogP contribution in [0.15, 0.2) is 42.6 Å². The third-order valence-corrected chi connectivity index (χ3v) is 4.27. The number of carbonyl (C=O) groups is 1. The molecule has 1 fully saturated rings. The molecular formula is C22H26N4O2. The third-order valence-electron chi connectivity index (χ3n) is 4.27. The molecule has 0 bridgehead atoms. The van der Waals surface area contributed by atoms with Crippen molar-refractivity contribution in [3.05, 3.63) is 53.7 Å². The molecule has 6 nitrogen and oxygen atoms in total. The summed E-state index contributed by atoms with van der Waals surface area (Å²) in [6.45, 7) is 8.32. The second-order valence-electron chi connectivity index (χ2n) is 7.73. The summed E-state index contributed by atoms with van der Waals surface area (Å²) in [5.74, 6) is 7.11. The number of nitrogens with zero attached hydrogens (tertiary/aromatic N) is 3. The van der Waals surface area contributed by atoms with Gasteiger partial charge in [0, 0.05) is 49.2 Å². The largest absolute Gasteiger partial charge is 0.444 e. The number of rotatable bonds is 1. The summed E-state index contributed by atoms with van der Waals surface area (Å²) in [6, 6.07) is 11.4. The molecule has 0 atom stereocenters. The van der Waals surface area contributed by atoms with Gasteiger partial charge in [-0.2, -0.15) is 0 Å². The first-order valence-corrected chi connectivity index (χ1v) is 9.37. The molecule has 146 valence electrons. The highest BCUT2D eigenvalue weighted by Gasteiger charge is 2.26. The standard InChI is InChI=1S/C22H26N4O2/c1-22(2,3)28-21(27)26-14-12-25(13-15-26)20-11-8-18(16-24-20)5-4-17-6-9-19(23)10-7-17/h6-11,16H,12-15,23H2,1-3H3. The van der Waals surface area contributed by atoms with Crippen LogP contribution in [0.25, 0.3) is 0 Å². The number of anilines is 2. The van der Waals surface area contributed by atoms with Crippen LogP contribution in [0.1, 0.15) is 31.9 Å². The van der Waals surface area contributed by atoms with Crippen molar-refractivity contribution in [2.75, 3.05) is 36.8 Å². The molecule has 1 saturated heterocycles. The number of carbonyl (C=O) groups excluding carboxylic acids is 1. The molecule has 1 aliphatic heterocycles. The van der Waals surface area contributed by atoms with Gasteiger partial charge in [0.05, 0.1) is 0 Å². The van der Waals surface area contributed by atoms with Crippen molar-refractivity contribution in [3.8, 4) is 11.8 Å².